The molecule has 0 amide bonds. The molecule has 3 rings (SSSR count). The molecule has 1 N–H and O–H groups in total. The number of aromatic nitrogens is 4. The van der Waals surface area contributed by atoms with Crippen LogP contribution in [0.1, 0.15) is 44.2 Å². The maximum atomic E-state index is 11.5. The number of nitrogens with one attached hydrogen (secondary N) is 1. The largest absolute Gasteiger partial charge is 0.311 e. The van der Waals surface area contributed by atoms with Gasteiger partial charge in [0.25, 0.3) is 5.56 Å². The normalized spacial score (nSPS) is 24.3. The number of hydrogen-bond donors (Lipinski definition) is 1. The Bertz CT molecular complexity index is 622. The van der Waals surface area contributed by atoms with Gasteiger partial charge in [0.2, 0.25) is 0 Å². The Labute approximate surface area is 105 Å². The lowest BCUT2D eigenvalue weighted by Gasteiger charge is -2.27. The van der Waals surface area contributed by atoms with Gasteiger partial charge in [0.05, 0.1) is 12.0 Å². The Morgan fingerprint density at radius 1 is 1.28 bits per heavy atom. The molecule has 0 radical (unpaired) electrons. The van der Waals surface area contributed by atoms with Crippen LogP contribution in [0.5, 0.6) is 0 Å². The Morgan fingerprint density at radius 3 is 2.94 bits per heavy atom. The maximum absolute atomic E-state index is 11.5. The Kier molecular flexibility index (Phi) is 2.81. The highest BCUT2D eigenvalue weighted by molar-refractivity contribution is 5.67. The predicted octanol–water partition coefficient (Wildman–Crippen LogP) is 2.01. The lowest BCUT2D eigenvalue weighted by Crippen LogP contribution is -2.17. The van der Waals surface area contributed by atoms with Crippen LogP contribution in [-0.4, -0.2) is 19.9 Å². The van der Waals surface area contributed by atoms with Crippen molar-refractivity contribution < 1.29 is 0 Å². The minimum atomic E-state index is -0.226. The van der Waals surface area contributed by atoms with Crippen molar-refractivity contribution in [1.82, 2.24) is 19.9 Å². The molecule has 1 aliphatic rings. The smallest absolute Gasteiger partial charge is 0.278 e. The fourth-order valence-corrected chi connectivity index (χ4v) is 2.80. The average Bonchev–Trinajstić information content (AvgIpc) is 2.39. The quantitative estimate of drug-likeness (QED) is 0.832. The van der Waals surface area contributed by atoms with Crippen molar-refractivity contribution in [2.45, 2.75) is 38.5 Å². The first-order valence-corrected chi connectivity index (χ1v) is 6.46. The van der Waals surface area contributed by atoms with E-state index in [-0.39, 0.29) is 5.56 Å². The van der Waals surface area contributed by atoms with Crippen molar-refractivity contribution in [1.29, 1.82) is 0 Å². The Hall–Kier alpha value is -1.78. The third-order valence-electron chi connectivity index (χ3n) is 3.86. The second-order valence-corrected chi connectivity index (χ2v) is 5.07. The van der Waals surface area contributed by atoms with E-state index in [9.17, 15) is 4.79 Å². The first kappa shape index (κ1) is 11.3. The van der Waals surface area contributed by atoms with Gasteiger partial charge in [-0.3, -0.25) is 4.79 Å². The van der Waals surface area contributed by atoms with E-state index in [1.807, 2.05) is 0 Å². The topological polar surface area (TPSA) is 71.5 Å². The van der Waals surface area contributed by atoms with Crippen molar-refractivity contribution in [3.8, 4) is 0 Å². The van der Waals surface area contributed by atoms with Gasteiger partial charge in [0, 0.05) is 12.1 Å². The van der Waals surface area contributed by atoms with Crippen LogP contribution < -0.4 is 5.56 Å². The number of rotatable bonds is 1. The molecule has 1 saturated carbocycles. The highest BCUT2D eigenvalue weighted by atomic mass is 16.1. The van der Waals surface area contributed by atoms with Gasteiger partial charge < -0.3 is 4.98 Å². The predicted molar refractivity (Wildman–Crippen MR) is 68.3 cm³/mol. The summed E-state index contributed by atoms with van der Waals surface area (Å²) in [4.78, 5) is 26.9. The van der Waals surface area contributed by atoms with Gasteiger partial charge in [-0.25, -0.2) is 15.0 Å². The molecular formula is C13H16N4O. The molecule has 1 aliphatic carbocycles. The molecule has 1 fully saturated rings. The van der Waals surface area contributed by atoms with Crippen LogP contribution in [0.25, 0.3) is 11.2 Å². The van der Waals surface area contributed by atoms with Crippen molar-refractivity contribution in [2.24, 2.45) is 5.92 Å². The van der Waals surface area contributed by atoms with Crippen LogP contribution >= 0.6 is 0 Å². The first-order chi connectivity index (χ1) is 8.75. The summed E-state index contributed by atoms with van der Waals surface area (Å²) < 4.78 is 0. The van der Waals surface area contributed by atoms with E-state index in [0.717, 1.165) is 12.1 Å². The first-order valence-electron chi connectivity index (χ1n) is 6.46. The molecule has 18 heavy (non-hydrogen) atoms. The van der Waals surface area contributed by atoms with Crippen LogP contribution in [0, 0.1) is 5.92 Å². The summed E-state index contributed by atoms with van der Waals surface area (Å²) in [5, 5.41) is 0. The monoisotopic (exact) mass is 244 g/mol. The summed E-state index contributed by atoms with van der Waals surface area (Å²) in [7, 11) is 0. The Balaban J connectivity index is 2.05. The summed E-state index contributed by atoms with van der Waals surface area (Å²) in [5.74, 6) is 1.09. The molecule has 5 nitrogen and oxygen atoms in total. The second kappa shape index (κ2) is 4.48. The zero-order chi connectivity index (χ0) is 12.5. The van der Waals surface area contributed by atoms with Gasteiger partial charge in [-0.05, 0) is 12.3 Å². The second-order valence-electron chi connectivity index (χ2n) is 5.07. The van der Waals surface area contributed by atoms with Gasteiger partial charge in [-0.15, -0.1) is 0 Å². The molecule has 2 aromatic rings. The summed E-state index contributed by atoms with van der Waals surface area (Å²) in [6, 6.07) is 0. The fraction of sp³-hybridized carbons (Fsp3) is 0.538. The summed E-state index contributed by atoms with van der Waals surface area (Å²) in [6.07, 6.45) is 8.07. The van der Waals surface area contributed by atoms with Gasteiger partial charge in [0.15, 0.2) is 11.2 Å². The fourth-order valence-electron chi connectivity index (χ4n) is 2.80. The van der Waals surface area contributed by atoms with Crippen LogP contribution in [0.2, 0.25) is 0 Å². The van der Waals surface area contributed by atoms with Crippen molar-refractivity contribution in [3.63, 3.8) is 0 Å². The number of hydrogen-bond acceptors (Lipinski definition) is 4. The number of nitrogens with zero attached hydrogens (tertiary/aromatic N) is 3. The van der Waals surface area contributed by atoms with Crippen molar-refractivity contribution in [2.75, 3.05) is 0 Å². The third-order valence-corrected chi connectivity index (χ3v) is 3.86. The highest BCUT2D eigenvalue weighted by Crippen LogP contribution is 2.36. The molecule has 0 saturated heterocycles. The van der Waals surface area contributed by atoms with Crippen LogP contribution in [0.15, 0.2) is 17.3 Å². The molecule has 94 valence electrons. The standard InChI is InChI=1S/C13H16N4O/c1-8-4-2-3-5-9(8)10-6-14-11-12(17-10)15-7-16-13(11)18/h6-9H,2-5H2,1H3,(H,15,16,17,18)/t8-,9?/m1/s1. The SMILES string of the molecule is C[C@@H]1CCCCC1c1cnc2c(=O)[nH]cnc2n1. The maximum Gasteiger partial charge on any atom is 0.278 e. The van der Waals surface area contributed by atoms with E-state index in [4.69, 9.17) is 0 Å². The minimum Gasteiger partial charge on any atom is -0.311 e. The summed E-state index contributed by atoms with van der Waals surface area (Å²) in [6.45, 7) is 2.26. The van der Waals surface area contributed by atoms with E-state index in [2.05, 4.69) is 26.9 Å². The molecule has 0 aromatic carbocycles. The Morgan fingerprint density at radius 2 is 2.11 bits per heavy atom. The molecule has 2 atom stereocenters. The van der Waals surface area contributed by atoms with E-state index in [1.54, 1.807) is 6.20 Å². The van der Waals surface area contributed by atoms with Gasteiger partial charge in [-0.1, -0.05) is 26.2 Å². The lowest BCUT2D eigenvalue weighted by molar-refractivity contribution is 0.325. The average molecular weight is 244 g/mol. The molecule has 5 heteroatoms. The molecule has 0 spiro atoms. The van der Waals surface area contributed by atoms with E-state index in [0.29, 0.717) is 23.0 Å². The minimum absolute atomic E-state index is 0.226. The van der Waals surface area contributed by atoms with E-state index < -0.39 is 0 Å². The van der Waals surface area contributed by atoms with Crippen LogP contribution in [0.3, 0.4) is 0 Å². The molecule has 2 heterocycles. The molecule has 2 aromatic heterocycles. The van der Waals surface area contributed by atoms with E-state index >= 15 is 0 Å². The molecule has 1 unspecified atom stereocenters. The zero-order valence-corrected chi connectivity index (χ0v) is 10.4. The molecule has 0 aliphatic heterocycles. The summed E-state index contributed by atoms with van der Waals surface area (Å²) in [5.41, 5.74) is 1.53. The number of fused-ring (bicyclic) bond motifs is 1. The van der Waals surface area contributed by atoms with Gasteiger partial charge in [0.1, 0.15) is 0 Å². The lowest BCUT2D eigenvalue weighted by atomic mass is 9.79. The highest BCUT2D eigenvalue weighted by Gasteiger charge is 2.24. The van der Waals surface area contributed by atoms with Crippen LogP contribution in [0.4, 0.5) is 0 Å². The molecule has 0 bridgehead atoms. The third kappa shape index (κ3) is 1.89. The van der Waals surface area contributed by atoms with Gasteiger partial charge in [-0.2, -0.15) is 0 Å². The zero-order valence-electron chi connectivity index (χ0n) is 10.4. The number of H-pyrrole nitrogens is 1. The van der Waals surface area contributed by atoms with Crippen LogP contribution in [-0.2, 0) is 0 Å². The van der Waals surface area contributed by atoms with Crippen molar-refractivity contribution >= 4 is 11.2 Å². The number of aromatic amines is 1. The van der Waals surface area contributed by atoms with Gasteiger partial charge >= 0.3 is 0 Å². The summed E-state index contributed by atoms with van der Waals surface area (Å²) >= 11 is 0. The van der Waals surface area contributed by atoms with E-state index in [1.165, 1.54) is 25.6 Å². The molecular weight excluding hydrogens is 228 g/mol. The van der Waals surface area contributed by atoms with Crippen molar-refractivity contribution in [3.05, 3.63) is 28.6 Å².